The summed E-state index contributed by atoms with van der Waals surface area (Å²) in [6.07, 6.45) is 1.41. The lowest BCUT2D eigenvalue weighted by atomic mass is 10.0. The third-order valence-electron chi connectivity index (χ3n) is 5.51. The highest BCUT2D eigenvalue weighted by Gasteiger charge is 2.32. The minimum Gasteiger partial charge on any atom is -0.478 e. The van der Waals surface area contributed by atoms with Crippen molar-refractivity contribution in [1.29, 1.82) is 5.26 Å². The highest BCUT2D eigenvalue weighted by Crippen LogP contribution is 2.28. The van der Waals surface area contributed by atoms with E-state index >= 15 is 0 Å². The number of rotatable bonds is 5. The summed E-state index contributed by atoms with van der Waals surface area (Å²) in [6.45, 7) is 9.35. The number of fused-ring (bicyclic) bond motifs is 1. The molecule has 2 aromatic carbocycles. The summed E-state index contributed by atoms with van der Waals surface area (Å²) >= 11 is 5.93. The lowest BCUT2D eigenvalue weighted by Crippen LogP contribution is -2.43. The zero-order valence-corrected chi connectivity index (χ0v) is 20.4. The molecule has 172 valence electrons. The van der Waals surface area contributed by atoms with Gasteiger partial charge in [-0.2, -0.15) is 15.0 Å². The maximum Gasteiger partial charge on any atom is 0.269 e. The molecule has 8 heteroatoms. The first-order valence-electron chi connectivity index (χ1n) is 10.7. The molecule has 0 aliphatic rings. The first-order valence-corrected chi connectivity index (χ1v) is 11.1. The quantitative estimate of drug-likeness (QED) is 0.403. The van der Waals surface area contributed by atoms with E-state index in [0.29, 0.717) is 16.6 Å². The monoisotopic (exact) mass is 473 g/mol. The van der Waals surface area contributed by atoms with Crippen LogP contribution in [0.1, 0.15) is 36.1 Å². The molecule has 0 aliphatic carbocycles. The van der Waals surface area contributed by atoms with Gasteiger partial charge in [-0.15, -0.1) is 0 Å². The Labute approximate surface area is 202 Å². The highest BCUT2D eigenvalue weighted by atomic mass is 35.5. The number of carbonyl (C=O) groups excluding carboxylic acids is 1. The number of nitriles is 1. The fourth-order valence-electron chi connectivity index (χ4n) is 3.76. The summed E-state index contributed by atoms with van der Waals surface area (Å²) in [5.74, 6) is 0.794. The molecule has 4 rings (SSSR count). The predicted molar refractivity (Wildman–Crippen MR) is 133 cm³/mol. The van der Waals surface area contributed by atoms with Gasteiger partial charge in [0, 0.05) is 10.4 Å². The van der Waals surface area contributed by atoms with Crippen LogP contribution in [-0.4, -0.2) is 26.3 Å². The van der Waals surface area contributed by atoms with Gasteiger partial charge in [-0.05, 0) is 82.1 Å². The van der Waals surface area contributed by atoms with E-state index in [9.17, 15) is 10.1 Å². The first-order chi connectivity index (χ1) is 16.1. The predicted octanol–water partition coefficient (Wildman–Crippen LogP) is 5.67. The smallest absolute Gasteiger partial charge is 0.269 e. The van der Waals surface area contributed by atoms with Crippen molar-refractivity contribution in [2.45, 2.75) is 40.2 Å². The van der Waals surface area contributed by atoms with E-state index in [-0.39, 0.29) is 11.4 Å². The zero-order chi connectivity index (χ0) is 24.6. The summed E-state index contributed by atoms with van der Waals surface area (Å²) in [5.41, 5.74) is 3.04. The van der Waals surface area contributed by atoms with Gasteiger partial charge in [-0.3, -0.25) is 4.79 Å². The summed E-state index contributed by atoms with van der Waals surface area (Å²) in [4.78, 5) is 18.0. The number of hydrogen-bond donors (Lipinski definition) is 1. The Hall–Kier alpha value is -3.89. The number of halogens is 1. The fourth-order valence-corrected chi connectivity index (χ4v) is 3.89. The maximum absolute atomic E-state index is 13.2. The molecule has 0 saturated heterocycles. The van der Waals surface area contributed by atoms with Gasteiger partial charge in [0.05, 0.1) is 11.7 Å². The number of pyridine rings is 1. The van der Waals surface area contributed by atoms with Crippen LogP contribution in [0.3, 0.4) is 0 Å². The van der Waals surface area contributed by atoms with Crippen LogP contribution in [0.2, 0.25) is 5.02 Å². The summed E-state index contributed by atoms with van der Waals surface area (Å²) in [6, 6.07) is 14.9. The molecular weight excluding hydrogens is 450 g/mol. The van der Waals surface area contributed by atoms with Crippen molar-refractivity contribution in [1.82, 2.24) is 14.8 Å². The second-order valence-electron chi connectivity index (χ2n) is 8.73. The van der Waals surface area contributed by atoms with Crippen LogP contribution in [-0.2, 0) is 4.79 Å². The molecule has 0 atom stereocenters. The summed E-state index contributed by atoms with van der Waals surface area (Å²) in [7, 11) is 0. The number of nitrogens with zero attached hydrogens (tertiary/aromatic N) is 4. The van der Waals surface area contributed by atoms with Crippen molar-refractivity contribution in [3.8, 4) is 17.6 Å². The minimum absolute atomic E-state index is 0.218. The van der Waals surface area contributed by atoms with Crippen LogP contribution in [0.5, 0.6) is 5.75 Å². The standard InChI is InChI=1S/C26H24ClN5O2/c1-15-10-17(3)23-21(11-15)16(2)12-22(30-23)32-24(18(13-28)14-29-32)31-25(33)26(4,5)34-20-8-6-19(27)7-9-20/h6-12,14H,1-5H3,(H,31,33). The van der Waals surface area contributed by atoms with Gasteiger partial charge in [0.1, 0.15) is 17.4 Å². The second kappa shape index (κ2) is 8.81. The van der Waals surface area contributed by atoms with Crippen molar-refractivity contribution in [3.63, 3.8) is 0 Å². The van der Waals surface area contributed by atoms with Crippen molar-refractivity contribution in [2.24, 2.45) is 0 Å². The molecule has 4 aromatic rings. The lowest BCUT2D eigenvalue weighted by Gasteiger charge is -2.25. The van der Waals surface area contributed by atoms with Gasteiger partial charge in [0.15, 0.2) is 17.2 Å². The number of aromatic nitrogens is 3. The van der Waals surface area contributed by atoms with E-state index in [4.69, 9.17) is 21.3 Å². The van der Waals surface area contributed by atoms with Crippen LogP contribution in [0.15, 0.2) is 48.7 Å². The Balaban J connectivity index is 1.71. The highest BCUT2D eigenvalue weighted by molar-refractivity contribution is 6.30. The number of nitrogens with one attached hydrogen (secondary N) is 1. The van der Waals surface area contributed by atoms with Gasteiger partial charge in [-0.25, -0.2) is 4.98 Å². The maximum atomic E-state index is 13.2. The van der Waals surface area contributed by atoms with Crippen molar-refractivity contribution in [2.75, 3.05) is 5.32 Å². The number of carbonyl (C=O) groups is 1. The average molecular weight is 474 g/mol. The van der Waals surface area contributed by atoms with Crippen LogP contribution in [0.4, 0.5) is 5.82 Å². The lowest BCUT2D eigenvalue weighted by molar-refractivity contribution is -0.128. The molecule has 0 unspecified atom stereocenters. The van der Waals surface area contributed by atoms with E-state index in [1.54, 1.807) is 38.1 Å². The van der Waals surface area contributed by atoms with Crippen molar-refractivity contribution in [3.05, 3.63) is 75.9 Å². The Bertz CT molecular complexity index is 1450. The molecule has 0 spiro atoms. The molecule has 1 amide bonds. The van der Waals surface area contributed by atoms with E-state index in [1.807, 2.05) is 26.8 Å². The van der Waals surface area contributed by atoms with Gasteiger partial charge in [0.25, 0.3) is 5.91 Å². The topological polar surface area (TPSA) is 92.8 Å². The molecule has 2 heterocycles. The number of anilines is 1. The van der Waals surface area contributed by atoms with E-state index in [1.165, 1.54) is 10.9 Å². The molecule has 7 nitrogen and oxygen atoms in total. The number of amides is 1. The molecule has 0 bridgehead atoms. The van der Waals surface area contributed by atoms with E-state index < -0.39 is 11.5 Å². The van der Waals surface area contributed by atoms with Crippen LogP contribution in [0, 0.1) is 32.1 Å². The number of aryl methyl sites for hydroxylation is 3. The van der Waals surface area contributed by atoms with Crippen molar-refractivity contribution < 1.29 is 9.53 Å². The summed E-state index contributed by atoms with van der Waals surface area (Å²) in [5, 5.41) is 18.4. The minimum atomic E-state index is -1.24. The number of benzene rings is 2. The van der Waals surface area contributed by atoms with Crippen LogP contribution < -0.4 is 10.1 Å². The zero-order valence-electron chi connectivity index (χ0n) is 19.6. The Morgan fingerprint density at radius 3 is 2.50 bits per heavy atom. The molecule has 1 N–H and O–H groups in total. The average Bonchev–Trinajstić information content (AvgIpc) is 3.18. The molecule has 2 aromatic heterocycles. The molecule has 0 saturated carbocycles. The Kier molecular flexibility index (Phi) is 6.03. The van der Waals surface area contributed by atoms with E-state index in [0.717, 1.165) is 27.6 Å². The normalized spacial score (nSPS) is 11.3. The van der Waals surface area contributed by atoms with Crippen LogP contribution >= 0.6 is 11.6 Å². The molecule has 0 fully saturated rings. The molecule has 0 radical (unpaired) electrons. The van der Waals surface area contributed by atoms with Gasteiger partial charge in [-0.1, -0.05) is 23.2 Å². The second-order valence-corrected chi connectivity index (χ2v) is 9.16. The largest absolute Gasteiger partial charge is 0.478 e. The SMILES string of the molecule is Cc1cc(C)c2nc(-n3ncc(C#N)c3NC(=O)C(C)(C)Oc3ccc(Cl)cc3)cc(C)c2c1. The number of ether oxygens (including phenoxy) is 1. The van der Waals surface area contributed by atoms with Gasteiger partial charge in [0.2, 0.25) is 0 Å². The third-order valence-corrected chi connectivity index (χ3v) is 5.77. The van der Waals surface area contributed by atoms with Crippen LogP contribution in [0.25, 0.3) is 16.7 Å². The third kappa shape index (κ3) is 4.45. The number of hydrogen-bond acceptors (Lipinski definition) is 5. The Morgan fingerprint density at radius 1 is 1.12 bits per heavy atom. The summed E-state index contributed by atoms with van der Waals surface area (Å²) < 4.78 is 7.36. The van der Waals surface area contributed by atoms with E-state index in [2.05, 4.69) is 28.6 Å². The first kappa shape index (κ1) is 23.3. The van der Waals surface area contributed by atoms with Crippen molar-refractivity contribution >= 4 is 34.2 Å². The van der Waals surface area contributed by atoms with Gasteiger partial charge < -0.3 is 10.1 Å². The fraction of sp³-hybridized carbons (Fsp3) is 0.231. The molecule has 34 heavy (non-hydrogen) atoms. The molecule has 0 aliphatic heterocycles. The Morgan fingerprint density at radius 2 is 1.82 bits per heavy atom. The van der Waals surface area contributed by atoms with Gasteiger partial charge >= 0.3 is 0 Å². The molecular formula is C26H24ClN5O2.